The number of nitrogens with one attached hydrogen (secondary N) is 2. The summed E-state index contributed by atoms with van der Waals surface area (Å²) in [5.41, 5.74) is 2.67. The molecule has 0 unspecified atom stereocenters. The highest BCUT2D eigenvalue weighted by atomic mass is 32.1. The van der Waals surface area contributed by atoms with Crippen molar-refractivity contribution in [2.24, 2.45) is 5.92 Å². The molecule has 1 saturated heterocycles. The summed E-state index contributed by atoms with van der Waals surface area (Å²) < 4.78 is 5.87. The molecule has 2 rings (SSSR count). The number of aromatic nitrogens is 1. The van der Waals surface area contributed by atoms with E-state index in [-0.39, 0.29) is 18.2 Å². The molecule has 21 heavy (non-hydrogen) atoms. The quantitative estimate of drug-likeness (QED) is 0.849. The average molecular weight is 311 g/mol. The van der Waals surface area contributed by atoms with Gasteiger partial charge in [0.25, 0.3) is 0 Å². The monoisotopic (exact) mass is 311 g/mol. The Morgan fingerprint density at radius 1 is 1.52 bits per heavy atom. The van der Waals surface area contributed by atoms with Crippen LogP contribution in [-0.4, -0.2) is 29.8 Å². The lowest BCUT2D eigenvalue weighted by Gasteiger charge is -2.34. The number of thiazole rings is 1. The highest BCUT2D eigenvalue weighted by molar-refractivity contribution is 7.07. The Labute approximate surface area is 130 Å². The molecule has 0 radical (unpaired) electrons. The second-order valence-corrected chi connectivity index (χ2v) is 6.23. The minimum atomic E-state index is -0.113. The maximum atomic E-state index is 11.9. The van der Waals surface area contributed by atoms with Gasteiger partial charge in [0.1, 0.15) is 0 Å². The van der Waals surface area contributed by atoms with E-state index in [9.17, 15) is 4.79 Å². The van der Waals surface area contributed by atoms with Crippen molar-refractivity contribution in [3.63, 3.8) is 0 Å². The van der Waals surface area contributed by atoms with Crippen LogP contribution in [0.25, 0.3) is 0 Å². The number of urea groups is 1. The van der Waals surface area contributed by atoms with Gasteiger partial charge in [-0.1, -0.05) is 26.7 Å². The van der Waals surface area contributed by atoms with E-state index in [1.165, 1.54) is 11.3 Å². The van der Waals surface area contributed by atoms with E-state index in [1.54, 1.807) is 5.51 Å². The fraction of sp³-hybridized carbons (Fsp3) is 0.733. The van der Waals surface area contributed by atoms with Crippen LogP contribution in [0.15, 0.2) is 10.9 Å². The van der Waals surface area contributed by atoms with Crippen molar-refractivity contribution in [1.82, 2.24) is 15.6 Å². The molecule has 0 saturated carbocycles. The molecule has 1 fully saturated rings. The van der Waals surface area contributed by atoms with Crippen LogP contribution >= 0.6 is 11.3 Å². The molecule has 1 aliphatic rings. The average Bonchev–Trinajstić information content (AvgIpc) is 3.00. The molecule has 5 nitrogen and oxygen atoms in total. The third kappa shape index (κ3) is 4.97. The smallest absolute Gasteiger partial charge is 0.315 e. The van der Waals surface area contributed by atoms with E-state index in [2.05, 4.69) is 29.5 Å². The first-order chi connectivity index (χ1) is 10.2. The summed E-state index contributed by atoms with van der Waals surface area (Å²) >= 11 is 1.54. The Morgan fingerprint density at radius 2 is 2.33 bits per heavy atom. The molecular formula is C15H25N3O2S. The minimum Gasteiger partial charge on any atom is -0.378 e. The number of carbonyl (C=O) groups is 1. The van der Waals surface area contributed by atoms with Gasteiger partial charge in [-0.25, -0.2) is 9.78 Å². The normalized spacial score (nSPS) is 22.2. The maximum Gasteiger partial charge on any atom is 0.315 e. The number of hydrogen-bond donors (Lipinski definition) is 2. The standard InChI is InChI=1S/C15H25N3O2S/c1-3-11(4-2)14-7-12(5-6-20-14)18-15(19)16-8-13-9-21-10-17-13/h9-12,14H,3-8H2,1-2H3,(H2,16,18,19)/t12-,14+/m0/s1. The summed E-state index contributed by atoms with van der Waals surface area (Å²) in [6.45, 7) is 5.62. The van der Waals surface area contributed by atoms with Crippen LogP contribution in [0.3, 0.4) is 0 Å². The highest BCUT2D eigenvalue weighted by Gasteiger charge is 2.28. The number of carbonyl (C=O) groups excluding carboxylic acids is 1. The minimum absolute atomic E-state index is 0.113. The lowest BCUT2D eigenvalue weighted by atomic mass is 9.89. The third-order valence-electron chi connectivity index (χ3n) is 4.14. The Hall–Kier alpha value is -1.14. The van der Waals surface area contributed by atoms with Crippen molar-refractivity contribution in [2.45, 2.75) is 58.2 Å². The summed E-state index contributed by atoms with van der Waals surface area (Å²) in [6.07, 6.45) is 4.34. The summed E-state index contributed by atoms with van der Waals surface area (Å²) in [7, 11) is 0. The molecule has 2 atom stereocenters. The van der Waals surface area contributed by atoms with Crippen LogP contribution in [0.5, 0.6) is 0 Å². The topological polar surface area (TPSA) is 63.2 Å². The van der Waals surface area contributed by atoms with Gasteiger partial charge in [0.2, 0.25) is 0 Å². The second kappa shape index (κ2) is 8.34. The Balaban J connectivity index is 1.75. The Kier molecular flexibility index (Phi) is 6.45. The van der Waals surface area contributed by atoms with Gasteiger partial charge in [0.15, 0.2) is 0 Å². The zero-order valence-electron chi connectivity index (χ0n) is 12.8. The fourth-order valence-corrected chi connectivity index (χ4v) is 3.39. The van der Waals surface area contributed by atoms with Crippen molar-refractivity contribution in [1.29, 1.82) is 0 Å². The van der Waals surface area contributed by atoms with Crippen LogP contribution in [0.2, 0.25) is 0 Å². The van der Waals surface area contributed by atoms with Crippen molar-refractivity contribution >= 4 is 17.4 Å². The molecule has 6 heteroatoms. The molecule has 0 bridgehead atoms. The van der Waals surface area contributed by atoms with Crippen LogP contribution in [-0.2, 0) is 11.3 Å². The molecule has 1 aliphatic heterocycles. The SMILES string of the molecule is CCC(CC)[C@H]1C[C@@H](NC(=O)NCc2cscn2)CCO1. The molecular weight excluding hydrogens is 286 g/mol. The van der Waals surface area contributed by atoms with Gasteiger partial charge in [-0.3, -0.25) is 0 Å². The van der Waals surface area contributed by atoms with Crippen LogP contribution in [0.1, 0.15) is 45.2 Å². The summed E-state index contributed by atoms with van der Waals surface area (Å²) in [4.78, 5) is 16.1. The van der Waals surface area contributed by atoms with Gasteiger partial charge in [-0.05, 0) is 18.8 Å². The predicted molar refractivity (Wildman–Crippen MR) is 84.3 cm³/mol. The van der Waals surface area contributed by atoms with Crippen molar-refractivity contribution in [2.75, 3.05) is 6.61 Å². The lowest BCUT2D eigenvalue weighted by Crippen LogP contribution is -2.47. The third-order valence-corrected chi connectivity index (χ3v) is 4.77. The van der Waals surface area contributed by atoms with Gasteiger partial charge in [0.05, 0.1) is 23.9 Å². The fourth-order valence-electron chi connectivity index (χ4n) is 2.83. The molecule has 1 aromatic rings. The maximum absolute atomic E-state index is 11.9. The molecule has 1 aromatic heterocycles. The van der Waals surface area contributed by atoms with E-state index in [1.807, 2.05) is 5.38 Å². The second-order valence-electron chi connectivity index (χ2n) is 5.51. The number of hydrogen-bond acceptors (Lipinski definition) is 4. The first-order valence-electron chi connectivity index (χ1n) is 7.75. The molecule has 0 spiro atoms. The zero-order chi connectivity index (χ0) is 15.1. The largest absolute Gasteiger partial charge is 0.378 e. The first-order valence-corrected chi connectivity index (χ1v) is 8.70. The zero-order valence-corrected chi connectivity index (χ0v) is 13.6. The highest BCUT2D eigenvalue weighted by Crippen LogP contribution is 2.25. The van der Waals surface area contributed by atoms with E-state index in [0.29, 0.717) is 12.5 Å². The van der Waals surface area contributed by atoms with Gasteiger partial charge < -0.3 is 15.4 Å². The summed E-state index contributed by atoms with van der Waals surface area (Å²) in [6, 6.07) is 0.0954. The van der Waals surface area contributed by atoms with Crippen LogP contribution in [0.4, 0.5) is 4.79 Å². The van der Waals surface area contributed by atoms with Crippen molar-refractivity contribution in [3.05, 3.63) is 16.6 Å². The Bertz CT molecular complexity index is 421. The van der Waals surface area contributed by atoms with Gasteiger partial charge >= 0.3 is 6.03 Å². The van der Waals surface area contributed by atoms with Crippen molar-refractivity contribution in [3.8, 4) is 0 Å². The number of rotatable bonds is 6. The van der Waals surface area contributed by atoms with E-state index < -0.39 is 0 Å². The van der Waals surface area contributed by atoms with E-state index in [0.717, 1.165) is 38.0 Å². The molecule has 118 valence electrons. The molecule has 0 aromatic carbocycles. The Morgan fingerprint density at radius 3 is 3.00 bits per heavy atom. The summed E-state index contributed by atoms with van der Waals surface area (Å²) in [5.74, 6) is 0.590. The van der Waals surface area contributed by atoms with Crippen LogP contribution in [0, 0.1) is 5.92 Å². The lowest BCUT2D eigenvalue weighted by molar-refractivity contribution is -0.0331. The molecule has 0 aliphatic carbocycles. The van der Waals surface area contributed by atoms with Crippen LogP contribution < -0.4 is 10.6 Å². The number of amides is 2. The molecule has 2 amide bonds. The molecule has 2 heterocycles. The van der Waals surface area contributed by atoms with Gasteiger partial charge in [0, 0.05) is 18.0 Å². The van der Waals surface area contributed by atoms with Gasteiger partial charge in [-0.2, -0.15) is 0 Å². The number of ether oxygens (including phenoxy) is 1. The summed E-state index contributed by atoms with van der Waals surface area (Å²) in [5, 5.41) is 7.86. The van der Waals surface area contributed by atoms with E-state index in [4.69, 9.17) is 4.74 Å². The first kappa shape index (κ1) is 16.2. The van der Waals surface area contributed by atoms with E-state index >= 15 is 0 Å². The predicted octanol–water partition coefficient (Wildman–Crippen LogP) is 2.93. The van der Waals surface area contributed by atoms with Crippen molar-refractivity contribution < 1.29 is 9.53 Å². The molecule has 2 N–H and O–H groups in total. The number of nitrogens with zero attached hydrogens (tertiary/aromatic N) is 1. The van der Waals surface area contributed by atoms with Gasteiger partial charge in [-0.15, -0.1) is 11.3 Å².